The third kappa shape index (κ3) is 4.72. The molecular weight excluding hydrogens is 208 g/mol. The van der Waals surface area contributed by atoms with Crippen LogP contribution in [0.5, 0.6) is 0 Å². The van der Waals surface area contributed by atoms with E-state index in [2.05, 4.69) is 34.0 Å². The SMILES string of the molecule is C=CC(=O)NC(C)(CS)SN=[N+]=[N-]. The molecule has 5 nitrogen and oxygen atoms in total. The average Bonchev–Trinajstić information content (AvgIpc) is 2.14. The van der Waals surface area contributed by atoms with E-state index in [1.165, 1.54) is 0 Å². The zero-order valence-corrected chi connectivity index (χ0v) is 8.81. The number of amides is 1. The second-order valence-electron chi connectivity index (χ2n) is 2.34. The lowest BCUT2D eigenvalue weighted by Gasteiger charge is -2.25. The van der Waals surface area contributed by atoms with Crippen molar-refractivity contribution in [2.45, 2.75) is 11.8 Å². The number of hydrogen-bond acceptors (Lipinski definition) is 4. The topological polar surface area (TPSA) is 77.9 Å². The van der Waals surface area contributed by atoms with Crippen molar-refractivity contribution in [3.63, 3.8) is 0 Å². The first-order chi connectivity index (χ1) is 6.08. The van der Waals surface area contributed by atoms with Crippen molar-refractivity contribution in [3.05, 3.63) is 23.1 Å². The number of nitrogens with one attached hydrogen (secondary N) is 1. The van der Waals surface area contributed by atoms with E-state index in [9.17, 15) is 4.79 Å². The van der Waals surface area contributed by atoms with Crippen molar-refractivity contribution >= 4 is 30.5 Å². The van der Waals surface area contributed by atoms with Crippen molar-refractivity contribution in [2.75, 3.05) is 5.75 Å². The highest BCUT2D eigenvalue weighted by Crippen LogP contribution is 2.24. The Morgan fingerprint density at radius 2 is 2.62 bits per heavy atom. The molecule has 0 aromatic heterocycles. The van der Waals surface area contributed by atoms with E-state index in [1.54, 1.807) is 6.92 Å². The van der Waals surface area contributed by atoms with E-state index in [-0.39, 0.29) is 5.91 Å². The summed E-state index contributed by atoms with van der Waals surface area (Å²) in [5.41, 5.74) is 8.10. The summed E-state index contributed by atoms with van der Waals surface area (Å²) in [5, 5.41) is 2.59. The lowest BCUT2D eigenvalue weighted by atomic mass is 10.3. The van der Waals surface area contributed by atoms with Crippen LogP contribution in [0.4, 0.5) is 0 Å². The van der Waals surface area contributed by atoms with E-state index < -0.39 is 4.87 Å². The quantitative estimate of drug-likeness (QED) is 0.141. The van der Waals surface area contributed by atoms with Crippen LogP contribution in [0.3, 0.4) is 0 Å². The highest BCUT2D eigenvalue weighted by Gasteiger charge is 2.23. The maximum absolute atomic E-state index is 10.9. The van der Waals surface area contributed by atoms with Crippen molar-refractivity contribution in [2.24, 2.45) is 4.52 Å². The number of carbonyl (C=O) groups excluding carboxylic acids is 1. The zero-order valence-electron chi connectivity index (χ0n) is 7.10. The molecule has 0 aliphatic rings. The minimum Gasteiger partial charge on any atom is -0.337 e. The van der Waals surface area contributed by atoms with Crippen molar-refractivity contribution in [1.82, 2.24) is 5.32 Å². The van der Waals surface area contributed by atoms with E-state index in [4.69, 9.17) is 5.53 Å². The normalized spacial score (nSPS) is 13.7. The summed E-state index contributed by atoms with van der Waals surface area (Å²) in [7, 11) is 0. The highest BCUT2D eigenvalue weighted by molar-refractivity contribution is 8.00. The predicted octanol–water partition coefficient (Wildman–Crippen LogP) is 1.89. The Balaban J connectivity index is 4.34. The fraction of sp³-hybridized carbons (Fsp3) is 0.500. The van der Waals surface area contributed by atoms with Crippen LogP contribution >= 0.6 is 24.6 Å². The molecular formula is C6H10N4OS2. The molecule has 0 saturated heterocycles. The zero-order chi connectivity index (χ0) is 10.3. The summed E-state index contributed by atoms with van der Waals surface area (Å²) in [4.78, 5) is 12.8. The molecule has 0 rings (SSSR count). The number of thiol groups is 1. The fourth-order valence-corrected chi connectivity index (χ4v) is 1.18. The first-order valence-electron chi connectivity index (χ1n) is 3.36. The molecule has 0 spiro atoms. The Kier molecular flexibility index (Phi) is 5.45. The summed E-state index contributed by atoms with van der Waals surface area (Å²) >= 11 is 4.95. The third-order valence-electron chi connectivity index (χ3n) is 1.15. The van der Waals surface area contributed by atoms with Crippen LogP contribution < -0.4 is 5.32 Å². The summed E-state index contributed by atoms with van der Waals surface area (Å²) in [6, 6.07) is 0. The molecule has 0 fully saturated rings. The summed E-state index contributed by atoms with van der Waals surface area (Å²) in [5.74, 6) is 0.0354. The molecule has 72 valence electrons. The third-order valence-corrected chi connectivity index (χ3v) is 2.80. The van der Waals surface area contributed by atoms with Gasteiger partial charge < -0.3 is 5.32 Å². The lowest BCUT2D eigenvalue weighted by molar-refractivity contribution is -0.117. The first kappa shape index (κ1) is 12.2. The number of carbonyl (C=O) groups is 1. The molecule has 1 N–H and O–H groups in total. The van der Waals surface area contributed by atoms with Crippen LogP contribution in [0.15, 0.2) is 17.2 Å². The molecule has 0 saturated carbocycles. The second-order valence-corrected chi connectivity index (χ2v) is 3.91. The van der Waals surface area contributed by atoms with Gasteiger partial charge in [-0.3, -0.25) is 4.79 Å². The molecule has 0 aliphatic carbocycles. The van der Waals surface area contributed by atoms with Crippen molar-refractivity contribution < 1.29 is 4.79 Å². The molecule has 0 aromatic rings. The van der Waals surface area contributed by atoms with Crippen molar-refractivity contribution in [3.8, 4) is 0 Å². The smallest absolute Gasteiger partial charge is 0.244 e. The van der Waals surface area contributed by atoms with Gasteiger partial charge in [0.1, 0.15) is 0 Å². The maximum Gasteiger partial charge on any atom is 0.244 e. The molecule has 1 amide bonds. The van der Waals surface area contributed by atoms with Gasteiger partial charge in [-0.1, -0.05) is 6.58 Å². The Labute approximate surface area is 86.1 Å². The lowest BCUT2D eigenvalue weighted by Crippen LogP contribution is -2.43. The molecule has 13 heavy (non-hydrogen) atoms. The Hall–Kier alpha value is -0.780. The minimum absolute atomic E-state index is 0.322. The van der Waals surface area contributed by atoms with Gasteiger partial charge in [0, 0.05) is 10.7 Å². The predicted molar refractivity (Wildman–Crippen MR) is 57.3 cm³/mol. The van der Waals surface area contributed by atoms with E-state index >= 15 is 0 Å². The van der Waals surface area contributed by atoms with Gasteiger partial charge in [-0.25, -0.2) is 0 Å². The van der Waals surface area contributed by atoms with Crippen LogP contribution in [-0.2, 0) is 4.79 Å². The first-order valence-corrected chi connectivity index (χ1v) is 4.76. The van der Waals surface area contributed by atoms with Crippen molar-refractivity contribution in [1.29, 1.82) is 0 Å². The van der Waals surface area contributed by atoms with Gasteiger partial charge in [0.05, 0.1) is 4.87 Å². The number of nitrogens with zero attached hydrogens (tertiary/aromatic N) is 3. The van der Waals surface area contributed by atoms with Gasteiger partial charge in [0.2, 0.25) is 5.91 Å². The Morgan fingerprint density at radius 3 is 3.00 bits per heavy atom. The van der Waals surface area contributed by atoms with Crippen LogP contribution in [-0.4, -0.2) is 16.5 Å². The molecule has 0 radical (unpaired) electrons. The number of hydrogen-bond donors (Lipinski definition) is 2. The Morgan fingerprint density at radius 1 is 2.00 bits per heavy atom. The average molecular weight is 218 g/mol. The van der Waals surface area contributed by atoms with Crippen LogP contribution in [0.2, 0.25) is 0 Å². The molecule has 0 aliphatic heterocycles. The van der Waals surface area contributed by atoms with E-state index in [1.807, 2.05) is 0 Å². The largest absolute Gasteiger partial charge is 0.337 e. The van der Waals surface area contributed by atoms with Gasteiger partial charge in [-0.15, -0.1) is 0 Å². The van der Waals surface area contributed by atoms with Gasteiger partial charge in [-0.05, 0) is 35.0 Å². The number of rotatable bonds is 5. The van der Waals surface area contributed by atoms with Crippen LogP contribution in [0.25, 0.3) is 10.4 Å². The molecule has 0 heterocycles. The fourth-order valence-electron chi connectivity index (χ4n) is 0.511. The van der Waals surface area contributed by atoms with E-state index in [0.717, 1.165) is 18.0 Å². The van der Waals surface area contributed by atoms with Gasteiger partial charge in [-0.2, -0.15) is 12.6 Å². The monoisotopic (exact) mass is 218 g/mol. The number of azide groups is 1. The second kappa shape index (κ2) is 5.80. The van der Waals surface area contributed by atoms with Gasteiger partial charge in [0.15, 0.2) is 0 Å². The molecule has 7 heteroatoms. The van der Waals surface area contributed by atoms with Gasteiger partial charge in [0.25, 0.3) is 0 Å². The summed E-state index contributed by atoms with van der Waals surface area (Å²) in [6.45, 7) is 5.02. The molecule has 0 aromatic carbocycles. The van der Waals surface area contributed by atoms with E-state index in [0.29, 0.717) is 5.75 Å². The highest BCUT2D eigenvalue weighted by atomic mass is 32.2. The Bertz CT molecular complexity index is 251. The maximum atomic E-state index is 10.9. The molecule has 1 unspecified atom stereocenters. The van der Waals surface area contributed by atoms with Gasteiger partial charge >= 0.3 is 0 Å². The minimum atomic E-state index is -0.694. The summed E-state index contributed by atoms with van der Waals surface area (Å²) < 4.78 is 3.30. The van der Waals surface area contributed by atoms with Crippen LogP contribution in [0.1, 0.15) is 6.92 Å². The standard InChI is InChI=1S/C6H10N4OS2/c1-3-5(11)8-6(2,4-12)13-10-9-7/h3,12H,1,4H2,2H3,(H,8,11). The van der Waals surface area contributed by atoms with Crippen LogP contribution in [0, 0.1) is 0 Å². The summed E-state index contributed by atoms with van der Waals surface area (Å²) in [6.07, 6.45) is 1.15. The molecule has 0 bridgehead atoms. The molecule has 1 atom stereocenters.